The van der Waals surface area contributed by atoms with Crippen molar-refractivity contribution in [3.8, 4) is 0 Å². The van der Waals surface area contributed by atoms with Crippen molar-refractivity contribution in [2.24, 2.45) is 0 Å². The van der Waals surface area contributed by atoms with E-state index in [2.05, 4.69) is 4.43 Å². The van der Waals surface area contributed by atoms with Gasteiger partial charge in [-0.05, 0) is 0 Å². The first-order valence-corrected chi connectivity index (χ1v) is 4.38. The van der Waals surface area contributed by atoms with Crippen molar-refractivity contribution in [1.29, 1.82) is 0 Å². The summed E-state index contributed by atoms with van der Waals surface area (Å²) in [5.41, 5.74) is -2.59. The number of aliphatic hydroxyl groups is 1. The Morgan fingerprint density at radius 1 is 1.27 bits per heavy atom. The summed E-state index contributed by atoms with van der Waals surface area (Å²) in [5.74, 6) is -4.19. The number of aliphatic carboxylic acids is 2. The molecule has 1 atom stereocenters. The van der Waals surface area contributed by atoms with Crippen LogP contribution in [-0.4, -0.2) is 49.3 Å². The fraction of sp³-hybridized carbons (Fsp3) is 0.500. The van der Waals surface area contributed by atoms with E-state index in [4.69, 9.17) is 10.2 Å². The quantitative estimate of drug-likeness (QED) is 0.414. The minimum atomic E-state index is -2.59. The van der Waals surface area contributed by atoms with Crippen LogP contribution in [0.15, 0.2) is 0 Å². The minimum Gasteiger partial charge on any atom is -1.00 e. The van der Waals surface area contributed by atoms with Gasteiger partial charge in [0.2, 0.25) is 10.5 Å². The Hall–Kier alpha value is -0.413. The molecule has 7 nitrogen and oxygen atoms in total. The number of carbonyl (C=O) groups excluding carboxylic acids is 1. The van der Waals surface area contributed by atoms with Crippen molar-refractivity contribution in [1.82, 2.24) is 0 Å². The van der Waals surface area contributed by atoms with E-state index in [-0.39, 0.29) is 41.5 Å². The van der Waals surface area contributed by atoms with Gasteiger partial charge in [0, 0.05) is 0 Å². The van der Waals surface area contributed by atoms with Gasteiger partial charge in [-0.15, -0.1) is 0 Å². The molecule has 0 spiro atoms. The van der Waals surface area contributed by atoms with Crippen molar-refractivity contribution in [3.05, 3.63) is 0 Å². The van der Waals surface area contributed by atoms with Crippen LogP contribution >= 0.6 is 0 Å². The van der Waals surface area contributed by atoms with Gasteiger partial charge in [0.15, 0.2) is 5.60 Å². The first kappa shape index (κ1) is 17.0. The van der Waals surface area contributed by atoms with Gasteiger partial charge in [0.1, 0.15) is 0 Å². The largest absolute Gasteiger partial charge is 1.00 e. The number of hydrogen-bond donors (Lipinski definition) is 3. The molecule has 15 heavy (non-hydrogen) atoms. The van der Waals surface area contributed by atoms with Crippen LogP contribution in [0, 0.1) is 0 Å². The van der Waals surface area contributed by atoms with E-state index in [0.717, 1.165) is 0 Å². The van der Waals surface area contributed by atoms with Gasteiger partial charge < -0.3 is 21.2 Å². The molecule has 0 aromatic heterocycles. The van der Waals surface area contributed by atoms with Crippen LogP contribution in [0.5, 0.6) is 0 Å². The minimum absolute atomic E-state index is 0. The molecule has 0 radical (unpaired) electrons. The number of carboxylic acids is 2. The molecule has 0 aliphatic heterocycles. The molecule has 0 rings (SSSR count). The van der Waals surface area contributed by atoms with Gasteiger partial charge in [0.25, 0.3) is 5.97 Å². The number of rotatable bonds is 5. The molecule has 3 N–H and O–H groups in total. The molecule has 0 saturated carbocycles. The molecule has 0 aliphatic carbocycles. The summed E-state index contributed by atoms with van der Waals surface area (Å²) in [7, 11) is 0.0598. The number of hydrogen-bond acceptors (Lipinski definition) is 5. The summed E-state index contributed by atoms with van der Waals surface area (Å²) in [6.07, 6.45) is -1.91. The molecule has 9 heteroatoms. The summed E-state index contributed by atoms with van der Waals surface area (Å²) in [4.78, 5) is 31.4. The average Bonchev–Trinajstić information content (AvgIpc) is 2.02. The molecule has 0 aromatic carbocycles. The van der Waals surface area contributed by atoms with Crippen LogP contribution in [0.25, 0.3) is 0 Å². The molecule has 0 aromatic rings. The molecular weight excluding hydrogens is 235 g/mol. The van der Waals surface area contributed by atoms with Gasteiger partial charge >= 0.3 is 41.5 Å². The monoisotopic (exact) mass is 246 g/mol. The maximum atomic E-state index is 10.7. The molecular formula is C6H11NaO7Si. The van der Waals surface area contributed by atoms with Crippen molar-refractivity contribution in [2.75, 3.05) is 0 Å². The summed E-state index contributed by atoms with van der Waals surface area (Å²) in [6.45, 7) is 0. The van der Waals surface area contributed by atoms with Crippen LogP contribution in [0.4, 0.5) is 0 Å². The average molecular weight is 246 g/mol. The maximum Gasteiger partial charge on any atom is 1.00 e. The third kappa shape index (κ3) is 5.90. The van der Waals surface area contributed by atoms with E-state index >= 15 is 0 Å². The van der Waals surface area contributed by atoms with Crippen molar-refractivity contribution >= 4 is 28.4 Å². The summed E-state index contributed by atoms with van der Waals surface area (Å²) >= 11 is 0. The smallest absolute Gasteiger partial charge is 1.00 e. The van der Waals surface area contributed by atoms with Gasteiger partial charge in [-0.3, -0.25) is 9.59 Å². The molecule has 82 valence electrons. The molecule has 0 bridgehead atoms. The summed E-state index contributed by atoms with van der Waals surface area (Å²) in [6, 6.07) is 0. The summed E-state index contributed by atoms with van der Waals surface area (Å²) in [5, 5.41) is 26.1. The van der Waals surface area contributed by atoms with E-state index in [1.165, 1.54) is 0 Å². The fourth-order valence-electron chi connectivity index (χ4n) is 0.775. The third-order valence-electron chi connectivity index (χ3n) is 1.51. The van der Waals surface area contributed by atoms with Crippen molar-refractivity contribution in [2.45, 2.75) is 18.4 Å². The Morgan fingerprint density at radius 3 is 2.00 bits per heavy atom. The standard InChI is InChI=1S/C6H10O7Si.Na.H/c7-3(8)1-6(12,5(10)11)2-4(9)13-14;;/h12H,1-2H2,14H3,(H,7,8)(H,10,11);;/q;+1;-1. The Balaban J connectivity index is -0.000000845. The molecule has 0 fully saturated rings. The predicted octanol–water partition coefficient (Wildman–Crippen LogP) is -5.39. The molecule has 0 heterocycles. The first-order chi connectivity index (χ1) is 6.31. The van der Waals surface area contributed by atoms with E-state index in [1.54, 1.807) is 0 Å². The normalized spacial score (nSPS) is 13.4. The maximum absolute atomic E-state index is 10.7. The van der Waals surface area contributed by atoms with E-state index < -0.39 is 36.4 Å². The second-order valence-electron chi connectivity index (χ2n) is 2.66. The third-order valence-corrected chi connectivity index (χ3v) is 1.96. The van der Waals surface area contributed by atoms with Crippen molar-refractivity contribution < 1.29 is 65.1 Å². The molecule has 0 aliphatic rings. The van der Waals surface area contributed by atoms with Crippen LogP contribution < -0.4 is 29.6 Å². The Bertz CT molecular complexity index is 274. The zero-order valence-corrected chi connectivity index (χ0v) is 12.4. The van der Waals surface area contributed by atoms with Gasteiger partial charge in [-0.1, -0.05) is 0 Å². The SMILES string of the molecule is O=C(O)CC(O)(CC(=O)O[SiH3])C(=O)O.[H-].[Na+]. The Kier molecular flexibility index (Phi) is 7.89. The van der Waals surface area contributed by atoms with Gasteiger partial charge in [-0.25, -0.2) is 4.79 Å². The van der Waals surface area contributed by atoms with Crippen LogP contribution in [0.2, 0.25) is 0 Å². The number of carbonyl (C=O) groups is 3. The van der Waals surface area contributed by atoms with E-state index in [9.17, 15) is 19.5 Å². The van der Waals surface area contributed by atoms with Crippen LogP contribution in [-0.2, 0) is 18.8 Å². The van der Waals surface area contributed by atoms with Gasteiger partial charge in [0.05, 0.1) is 12.8 Å². The molecule has 1 unspecified atom stereocenters. The second kappa shape index (κ2) is 6.96. The van der Waals surface area contributed by atoms with Crippen LogP contribution in [0.3, 0.4) is 0 Å². The molecule has 0 amide bonds. The predicted molar refractivity (Wildman–Crippen MR) is 46.6 cm³/mol. The molecule has 0 saturated heterocycles. The van der Waals surface area contributed by atoms with E-state index in [0.29, 0.717) is 0 Å². The number of carboxylic acid groups (broad SMARTS) is 2. The summed E-state index contributed by atoms with van der Waals surface area (Å²) < 4.78 is 4.26. The van der Waals surface area contributed by atoms with Crippen LogP contribution in [0.1, 0.15) is 14.3 Å². The zero-order valence-electron chi connectivity index (χ0n) is 9.39. The van der Waals surface area contributed by atoms with E-state index in [1.807, 2.05) is 0 Å². The van der Waals surface area contributed by atoms with Crippen molar-refractivity contribution in [3.63, 3.8) is 0 Å². The topological polar surface area (TPSA) is 121 Å². The van der Waals surface area contributed by atoms with Gasteiger partial charge in [-0.2, -0.15) is 0 Å². The fourth-order valence-corrected chi connectivity index (χ4v) is 0.919. The Labute approximate surface area is 112 Å². The second-order valence-corrected chi connectivity index (χ2v) is 3.07. The first-order valence-electron chi connectivity index (χ1n) is 3.56. The zero-order chi connectivity index (χ0) is 11.4. The Morgan fingerprint density at radius 2 is 1.73 bits per heavy atom.